The number of methoxy groups -OCH3 is 1. The molecule has 2 aliphatic rings. The highest BCUT2D eigenvalue weighted by Gasteiger charge is 2.30. The molecule has 9 nitrogen and oxygen atoms in total. The number of rotatable bonds is 6. The van der Waals surface area contributed by atoms with Crippen molar-refractivity contribution in [2.24, 2.45) is 11.8 Å². The predicted molar refractivity (Wildman–Crippen MR) is 116 cm³/mol. The van der Waals surface area contributed by atoms with Crippen LogP contribution in [0.4, 0.5) is 0 Å². The first kappa shape index (κ1) is 21.6. The van der Waals surface area contributed by atoms with Gasteiger partial charge in [-0.2, -0.15) is 5.10 Å². The zero-order valence-corrected chi connectivity index (χ0v) is 18.5. The van der Waals surface area contributed by atoms with Gasteiger partial charge in [-0.25, -0.2) is 4.98 Å². The minimum atomic E-state index is -0.156. The Morgan fingerprint density at radius 3 is 2.71 bits per heavy atom. The molecule has 0 unspecified atom stereocenters. The Bertz CT molecular complexity index is 950. The minimum Gasteiger partial charge on any atom is -0.481 e. The highest BCUT2D eigenvalue weighted by Crippen LogP contribution is 2.29. The van der Waals surface area contributed by atoms with Crippen molar-refractivity contribution in [3.8, 4) is 17.1 Å². The molecule has 31 heavy (non-hydrogen) atoms. The molecule has 2 aliphatic heterocycles. The number of carbonyl (C=O) groups is 2. The summed E-state index contributed by atoms with van der Waals surface area (Å²) in [7, 11) is 3.60. The Morgan fingerprint density at radius 1 is 1.29 bits per heavy atom. The van der Waals surface area contributed by atoms with Crippen molar-refractivity contribution in [2.75, 3.05) is 46.9 Å². The van der Waals surface area contributed by atoms with Crippen LogP contribution >= 0.6 is 11.6 Å². The zero-order chi connectivity index (χ0) is 22.0. The number of aromatic nitrogens is 3. The molecule has 0 aromatic carbocycles. The molecular formula is C21H27ClN6O3. The van der Waals surface area contributed by atoms with Crippen LogP contribution in [0.1, 0.15) is 23.3 Å². The first-order valence-corrected chi connectivity index (χ1v) is 10.8. The molecule has 2 aromatic rings. The maximum absolute atomic E-state index is 12.9. The van der Waals surface area contributed by atoms with E-state index in [1.165, 1.54) is 13.3 Å². The number of halogens is 1. The average molecular weight is 447 g/mol. The van der Waals surface area contributed by atoms with Crippen LogP contribution in [-0.4, -0.2) is 83.7 Å². The number of nitrogens with zero attached hydrogens (tertiary/aromatic N) is 4. The van der Waals surface area contributed by atoms with Crippen LogP contribution in [0.15, 0.2) is 18.3 Å². The van der Waals surface area contributed by atoms with Gasteiger partial charge in [-0.15, -0.1) is 0 Å². The van der Waals surface area contributed by atoms with Gasteiger partial charge in [-0.05, 0) is 26.0 Å². The molecule has 2 fully saturated rings. The van der Waals surface area contributed by atoms with E-state index in [2.05, 4.69) is 32.4 Å². The Kier molecular flexibility index (Phi) is 6.43. The second-order valence-corrected chi connectivity index (χ2v) is 8.68. The van der Waals surface area contributed by atoms with Gasteiger partial charge < -0.3 is 19.9 Å². The quantitative estimate of drug-likeness (QED) is 0.699. The van der Waals surface area contributed by atoms with Gasteiger partial charge >= 0.3 is 0 Å². The maximum Gasteiger partial charge on any atom is 0.274 e. The first-order valence-electron chi connectivity index (χ1n) is 10.5. The lowest BCUT2D eigenvalue weighted by molar-refractivity contribution is -0.126. The highest BCUT2D eigenvalue weighted by atomic mass is 35.5. The van der Waals surface area contributed by atoms with E-state index in [-0.39, 0.29) is 17.7 Å². The average Bonchev–Trinajstić information content (AvgIpc) is 3.25. The van der Waals surface area contributed by atoms with Crippen LogP contribution in [0.5, 0.6) is 5.88 Å². The Hall–Kier alpha value is -2.65. The Morgan fingerprint density at radius 2 is 2.03 bits per heavy atom. The molecule has 0 bridgehead atoms. The molecule has 2 N–H and O–H groups in total. The molecule has 0 radical (unpaired) electrons. The highest BCUT2D eigenvalue weighted by molar-refractivity contribution is 6.33. The van der Waals surface area contributed by atoms with Crippen LogP contribution in [0.2, 0.25) is 5.02 Å². The summed E-state index contributed by atoms with van der Waals surface area (Å²) in [4.78, 5) is 33.4. The summed E-state index contributed by atoms with van der Waals surface area (Å²) in [5.74, 6) is 0.880. The molecule has 166 valence electrons. The molecule has 0 atom stereocenters. The number of H-pyrrole nitrogens is 1. The van der Waals surface area contributed by atoms with Crippen molar-refractivity contribution >= 4 is 23.4 Å². The van der Waals surface area contributed by atoms with E-state index >= 15 is 0 Å². The van der Waals surface area contributed by atoms with Crippen LogP contribution in [-0.2, 0) is 4.79 Å². The third-order valence-corrected chi connectivity index (χ3v) is 6.29. The molecule has 4 rings (SSSR count). The molecule has 4 heterocycles. The number of piperidine rings is 1. The smallest absolute Gasteiger partial charge is 0.274 e. The van der Waals surface area contributed by atoms with Gasteiger partial charge in [-0.3, -0.25) is 14.7 Å². The third-order valence-electron chi connectivity index (χ3n) is 5.98. The summed E-state index contributed by atoms with van der Waals surface area (Å²) >= 11 is 6.23. The monoisotopic (exact) mass is 446 g/mol. The molecular weight excluding hydrogens is 420 g/mol. The first-order chi connectivity index (χ1) is 14.9. The number of hydrogen-bond donors (Lipinski definition) is 2. The number of pyridine rings is 1. The van der Waals surface area contributed by atoms with Crippen molar-refractivity contribution in [1.29, 1.82) is 0 Å². The van der Waals surface area contributed by atoms with E-state index in [4.69, 9.17) is 16.3 Å². The van der Waals surface area contributed by atoms with Gasteiger partial charge in [0.05, 0.1) is 24.0 Å². The second kappa shape index (κ2) is 9.23. The third kappa shape index (κ3) is 4.83. The summed E-state index contributed by atoms with van der Waals surface area (Å²) in [5, 5.41) is 10.5. The van der Waals surface area contributed by atoms with Crippen molar-refractivity contribution in [3.05, 3.63) is 29.0 Å². The molecule has 2 saturated heterocycles. The van der Waals surface area contributed by atoms with E-state index in [0.29, 0.717) is 59.7 Å². The van der Waals surface area contributed by atoms with Crippen molar-refractivity contribution < 1.29 is 14.3 Å². The standard InChI is InChI=1S/C21H27ClN6O3/c1-27-11-13(12-27)9-24-20(29)14-3-5-28(6-4-14)21(30)18-8-17(25-26-18)15-7-19(31-2)23-10-16(15)22/h7-8,10,13-14H,3-6,9,11-12H2,1-2H3,(H,24,29)(H,25,26). The summed E-state index contributed by atoms with van der Waals surface area (Å²) < 4.78 is 5.14. The number of hydrogen-bond acceptors (Lipinski definition) is 6. The number of ether oxygens (including phenoxy) is 1. The van der Waals surface area contributed by atoms with E-state index < -0.39 is 0 Å². The van der Waals surface area contributed by atoms with Crippen LogP contribution < -0.4 is 10.1 Å². The van der Waals surface area contributed by atoms with E-state index in [0.717, 1.165) is 19.6 Å². The van der Waals surface area contributed by atoms with Gasteiger partial charge in [0.1, 0.15) is 0 Å². The fourth-order valence-electron chi connectivity index (χ4n) is 4.16. The summed E-state index contributed by atoms with van der Waals surface area (Å²) in [6.07, 6.45) is 2.82. The van der Waals surface area contributed by atoms with Gasteiger partial charge in [-0.1, -0.05) is 11.6 Å². The number of carbonyl (C=O) groups excluding carboxylic acids is 2. The Balaban J connectivity index is 1.31. The van der Waals surface area contributed by atoms with E-state index in [1.807, 2.05) is 0 Å². The fraction of sp³-hybridized carbons (Fsp3) is 0.524. The van der Waals surface area contributed by atoms with Gasteiger partial charge in [0.2, 0.25) is 11.8 Å². The SMILES string of the molecule is COc1cc(-c2cc(C(=O)N3CCC(C(=O)NCC4CN(C)C4)CC3)n[nH]2)c(Cl)cn1. The second-order valence-electron chi connectivity index (χ2n) is 8.27. The number of aromatic amines is 1. The van der Waals surface area contributed by atoms with Crippen LogP contribution in [0, 0.1) is 11.8 Å². The van der Waals surface area contributed by atoms with Gasteiger partial charge in [0.15, 0.2) is 5.69 Å². The van der Waals surface area contributed by atoms with Crippen molar-refractivity contribution in [3.63, 3.8) is 0 Å². The number of nitrogens with one attached hydrogen (secondary N) is 2. The van der Waals surface area contributed by atoms with E-state index in [9.17, 15) is 9.59 Å². The predicted octanol–water partition coefficient (Wildman–Crippen LogP) is 1.66. The maximum atomic E-state index is 12.9. The van der Waals surface area contributed by atoms with E-state index in [1.54, 1.807) is 17.0 Å². The summed E-state index contributed by atoms with van der Waals surface area (Å²) in [6.45, 7) is 3.89. The Labute approximate surface area is 186 Å². The van der Waals surface area contributed by atoms with Gasteiger partial charge in [0.25, 0.3) is 5.91 Å². The lowest BCUT2D eigenvalue weighted by Gasteiger charge is -2.37. The molecule has 2 amide bonds. The largest absolute Gasteiger partial charge is 0.481 e. The molecule has 0 saturated carbocycles. The lowest BCUT2D eigenvalue weighted by atomic mass is 9.94. The normalized spacial score (nSPS) is 18.0. The van der Waals surface area contributed by atoms with Crippen LogP contribution in [0.3, 0.4) is 0 Å². The summed E-state index contributed by atoms with van der Waals surface area (Å²) in [5.41, 5.74) is 1.59. The summed E-state index contributed by atoms with van der Waals surface area (Å²) in [6, 6.07) is 3.37. The zero-order valence-electron chi connectivity index (χ0n) is 17.7. The minimum absolute atomic E-state index is 0.0420. The van der Waals surface area contributed by atoms with Crippen molar-refractivity contribution in [2.45, 2.75) is 12.8 Å². The number of likely N-dealkylation sites (tertiary alicyclic amines) is 2. The molecule has 0 spiro atoms. The fourth-order valence-corrected chi connectivity index (χ4v) is 4.37. The van der Waals surface area contributed by atoms with Gasteiger partial charge in [0, 0.05) is 56.2 Å². The lowest BCUT2D eigenvalue weighted by Crippen LogP contribution is -2.50. The molecule has 2 aromatic heterocycles. The topological polar surface area (TPSA) is 103 Å². The van der Waals surface area contributed by atoms with Crippen molar-refractivity contribution in [1.82, 2.24) is 30.3 Å². The molecule has 10 heteroatoms. The molecule has 0 aliphatic carbocycles. The number of amides is 2. The van der Waals surface area contributed by atoms with Crippen LogP contribution in [0.25, 0.3) is 11.3 Å².